The molecule has 0 saturated carbocycles. The fourth-order valence-electron chi connectivity index (χ4n) is 2.42. The Hall–Kier alpha value is -1.97. The number of nitrogens with one attached hydrogen (secondary N) is 1. The van der Waals surface area contributed by atoms with Crippen molar-refractivity contribution in [1.29, 1.82) is 0 Å². The zero-order valence-corrected chi connectivity index (χ0v) is 12.6. The molecule has 21 heavy (non-hydrogen) atoms. The zero-order chi connectivity index (χ0) is 14.3. The van der Waals surface area contributed by atoms with Crippen LogP contribution in [0.2, 0.25) is 0 Å². The maximum Gasteiger partial charge on any atom is 0.0794 e. The predicted molar refractivity (Wildman–Crippen MR) is 88.5 cm³/mol. The first-order chi connectivity index (χ1) is 10.4. The Labute approximate surface area is 129 Å². The predicted octanol–water partition coefficient (Wildman–Crippen LogP) is 4.06. The second-order valence-corrected chi connectivity index (χ2v) is 5.66. The van der Waals surface area contributed by atoms with Crippen LogP contribution in [0.4, 0.5) is 0 Å². The van der Waals surface area contributed by atoms with Crippen LogP contribution in [0.3, 0.4) is 0 Å². The summed E-state index contributed by atoms with van der Waals surface area (Å²) in [5.74, 6) is 0. The summed E-state index contributed by atoms with van der Waals surface area (Å²) < 4.78 is 0. The lowest BCUT2D eigenvalue weighted by atomic mass is 9.98. The van der Waals surface area contributed by atoms with Crippen molar-refractivity contribution >= 4 is 11.3 Å². The van der Waals surface area contributed by atoms with E-state index >= 15 is 0 Å². The van der Waals surface area contributed by atoms with E-state index in [9.17, 15) is 0 Å². The van der Waals surface area contributed by atoms with E-state index in [1.807, 2.05) is 5.51 Å². The van der Waals surface area contributed by atoms with Gasteiger partial charge in [0.25, 0.3) is 0 Å². The van der Waals surface area contributed by atoms with Crippen LogP contribution in [0.15, 0.2) is 71.6 Å². The molecule has 1 aromatic heterocycles. The van der Waals surface area contributed by atoms with Gasteiger partial charge in [-0.15, -0.1) is 11.3 Å². The topological polar surface area (TPSA) is 24.9 Å². The SMILES string of the molecule is c1ccc(C(NCCc2cscn2)c2ccccc2)cc1. The molecular formula is C18H18N2S. The highest BCUT2D eigenvalue weighted by molar-refractivity contribution is 7.07. The lowest BCUT2D eigenvalue weighted by molar-refractivity contribution is 0.603. The number of rotatable bonds is 6. The van der Waals surface area contributed by atoms with E-state index in [0.29, 0.717) is 0 Å². The van der Waals surface area contributed by atoms with Crippen LogP contribution >= 0.6 is 11.3 Å². The summed E-state index contributed by atoms with van der Waals surface area (Å²) in [6, 6.07) is 21.4. The first kappa shape index (κ1) is 14.0. The maximum absolute atomic E-state index is 4.34. The third kappa shape index (κ3) is 3.78. The van der Waals surface area contributed by atoms with Crippen LogP contribution in [0, 0.1) is 0 Å². The molecule has 0 saturated heterocycles. The molecule has 0 radical (unpaired) electrons. The molecule has 0 aliphatic rings. The Balaban J connectivity index is 1.73. The van der Waals surface area contributed by atoms with Gasteiger partial charge in [0.2, 0.25) is 0 Å². The molecule has 0 bridgehead atoms. The van der Waals surface area contributed by atoms with Crippen LogP contribution in [0.1, 0.15) is 22.9 Å². The third-order valence-electron chi connectivity index (χ3n) is 3.48. The van der Waals surface area contributed by atoms with E-state index in [1.165, 1.54) is 11.1 Å². The largest absolute Gasteiger partial charge is 0.306 e. The summed E-state index contributed by atoms with van der Waals surface area (Å²) >= 11 is 1.65. The van der Waals surface area contributed by atoms with Gasteiger partial charge in [-0.1, -0.05) is 60.7 Å². The molecule has 2 nitrogen and oxygen atoms in total. The van der Waals surface area contributed by atoms with Crippen molar-refractivity contribution in [3.8, 4) is 0 Å². The van der Waals surface area contributed by atoms with E-state index in [2.05, 4.69) is 76.3 Å². The maximum atomic E-state index is 4.34. The van der Waals surface area contributed by atoms with Crippen molar-refractivity contribution in [2.45, 2.75) is 12.5 Å². The molecule has 0 aliphatic carbocycles. The van der Waals surface area contributed by atoms with E-state index in [-0.39, 0.29) is 6.04 Å². The smallest absolute Gasteiger partial charge is 0.0794 e. The molecule has 3 heteroatoms. The highest BCUT2D eigenvalue weighted by Gasteiger charge is 2.12. The van der Waals surface area contributed by atoms with Crippen LogP contribution in [0.5, 0.6) is 0 Å². The molecule has 0 unspecified atom stereocenters. The lowest BCUT2D eigenvalue weighted by Gasteiger charge is -2.19. The Morgan fingerprint density at radius 2 is 1.52 bits per heavy atom. The summed E-state index contributed by atoms with van der Waals surface area (Å²) in [7, 11) is 0. The molecule has 3 rings (SSSR count). The average Bonchev–Trinajstić information content (AvgIpc) is 3.07. The van der Waals surface area contributed by atoms with E-state index in [4.69, 9.17) is 0 Å². The Bertz CT molecular complexity index is 596. The molecule has 2 aromatic carbocycles. The van der Waals surface area contributed by atoms with Crippen molar-refractivity contribution in [2.75, 3.05) is 6.54 Å². The highest BCUT2D eigenvalue weighted by atomic mass is 32.1. The highest BCUT2D eigenvalue weighted by Crippen LogP contribution is 2.21. The number of hydrogen-bond acceptors (Lipinski definition) is 3. The minimum atomic E-state index is 0.228. The Morgan fingerprint density at radius 1 is 0.905 bits per heavy atom. The molecule has 106 valence electrons. The molecule has 0 atom stereocenters. The van der Waals surface area contributed by atoms with Gasteiger partial charge < -0.3 is 5.32 Å². The van der Waals surface area contributed by atoms with Crippen molar-refractivity contribution in [3.63, 3.8) is 0 Å². The van der Waals surface area contributed by atoms with Gasteiger partial charge in [-0.25, -0.2) is 4.98 Å². The number of nitrogens with zero attached hydrogens (tertiary/aromatic N) is 1. The van der Waals surface area contributed by atoms with E-state index in [0.717, 1.165) is 18.7 Å². The third-order valence-corrected chi connectivity index (χ3v) is 4.11. The monoisotopic (exact) mass is 294 g/mol. The second kappa shape index (κ2) is 7.16. The molecule has 1 N–H and O–H groups in total. The van der Waals surface area contributed by atoms with Gasteiger partial charge in [-0.3, -0.25) is 0 Å². The van der Waals surface area contributed by atoms with Gasteiger partial charge in [0.1, 0.15) is 0 Å². The molecule has 0 aliphatic heterocycles. The molecule has 1 heterocycles. The minimum absolute atomic E-state index is 0.228. The minimum Gasteiger partial charge on any atom is -0.306 e. The Morgan fingerprint density at radius 3 is 2.05 bits per heavy atom. The quantitative estimate of drug-likeness (QED) is 0.741. The summed E-state index contributed by atoms with van der Waals surface area (Å²) in [5.41, 5.74) is 5.64. The average molecular weight is 294 g/mol. The number of benzene rings is 2. The molecule has 0 fully saturated rings. The number of aromatic nitrogens is 1. The van der Waals surface area contributed by atoms with Gasteiger partial charge in [0.05, 0.1) is 17.2 Å². The number of thiazole rings is 1. The van der Waals surface area contributed by atoms with Crippen molar-refractivity contribution < 1.29 is 0 Å². The van der Waals surface area contributed by atoms with E-state index in [1.54, 1.807) is 11.3 Å². The first-order valence-electron chi connectivity index (χ1n) is 7.14. The van der Waals surface area contributed by atoms with Crippen LogP contribution in [0.25, 0.3) is 0 Å². The van der Waals surface area contributed by atoms with Crippen molar-refractivity contribution in [3.05, 3.63) is 88.4 Å². The van der Waals surface area contributed by atoms with Gasteiger partial charge in [0.15, 0.2) is 0 Å². The summed E-state index contributed by atoms with van der Waals surface area (Å²) in [4.78, 5) is 4.34. The van der Waals surface area contributed by atoms with Gasteiger partial charge in [-0.2, -0.15) is 0 Å². The standard InChI is InChI=1S/C18H18N2S/c1-3-7-15(8-4-1)18(16-9-5-2-6-10-16)19-12-11-17-13-21-14-20-17/h1-10,13-14,18-19H,11-12H2. The zero-order valence-electron chi connectivity index (χ0n) is 11.8. The van der Waals surface area contributed by atoms with Crippen molar-refractivity contribution in [1.82, 2.24) is 10.3 Å². The van der Waals surface area contributed by atoms with E-state index < -0.39 is 0 Å². The fourth-order valence-corrected chi connectivity index (χ4v) is 3.02. The van der Waals surface area contributed by atoms with Gasteiger partial charge in [-0.05, 0) is 11.1 Å². The summed E-state index contributed by atoms with van der Waals surface area (Å²) in [6.07, 6.45) is 0.958. The first-order valence-corrected chi connectivity index (χ1v) is 8.08. The van der Waals surface area contributed by atoms with Crippen LogP contribution < -0.4 is 5.32 Å². The molecular weight excluding hydrogens is 276 g/mol. The fraction of sp³-hybridized carbons (Fsp3) is 0.167. The molecule has 3 aromatic rings. The second-order valence-electron chi connectivity index (χ2n) is 4.94. The van der Waals surface area contributed by atoms with Gasteiger partial charge >= 0.3 is 0 Å². The van der Waals surface area contributed by atoms with Crippen molar-refractivity contribution in [2.24, 2.45) is 0 Å². The normalized spacial score (nSPS) is 10.9. The summed E-state index contributed by atoms with van der Waals surface area (Å²) in [5, 5.41) is 5.77. The van der Waals surface area contributed by atoms with Gasteiger partial charge in [0, 0.05) is 18.3 Å². The molecule has 0 spiro atoms. The number of hydrogen-bond donors (Lipinski definition) is 1. The summed E-state index contributed by atoms with van der Waals surface area (Å²) in [6.45, 7) is 0.915. The molecule has 0 amide bonds. The lowest BCUT2D eigenvalue weighted by Crippen LogP contribution is -2.24. The van der Waals surface area contributed by atoms with Crippen LogP contribution in [-0.4, -0.2) is 11.5 Å². The van der Waals surface area contributed by atoms with Crippen LogP contribution in [-0.2, 0) is 6.42 Å². The Kier molecular flexibility index (Phi) is 4.77.